The van der Waals surface area contributed by atoms with Crippen LogP contribution >= 0.6 is 11.3 Å². The Morgan fingerprint density at radius 1 is 0.692 bits per heavy atom. The van der Waals surface area contributed by atoms with E-state index in [9.17, 15) is 0 Å². The lowest BCUT2D eigenvalue weighted by molar-refractivity contribution is 1.02. The Bertz CT molecular complexity index is 2320. The summed E-state index contributed by atoms with van der Waals surface area (Å²) in [6.45, 7) is 6.23. The van der Waals surface area contributed by atoms with Crippen molar-refractivity contribution in [2.24, 2.45) is 7.05 Å². The third-order valence-electron chi connectivity index (χ3n) is 8.27. The maximum atomic E-state index is 3.98. The van der Waals surface area contributed by atoms with Crippen LogP contribution < -0.4 is 0 Å². The summed E-state index contributed by atoms with van der Waals surface area (Å²) >= 11 is 1.86. The minimum absolute atomic E-state index is 1.19. The summed E-state index contributed by atoms with van der Waals surface area (Å²) in [5.74, 6) is 0. The van der Waals surface area contributed by atoms with E-state index < -0.39 is 0 Å². The molecule has 2 nitrogen and oxygen atoms in total. The molecule has 5 aromatic carbocycles. The predicted molar refractivity (Wildman–Crippen MR) is 172 cm³/mol. The van der Waals surface area contributed by atoms with E-state index in [0.717, 1.165) is 0 Å². The zero-order valence-electron chi connectivity index (χ0n) is 21.9. The average Bonchev–Trinajstić information content (AvgIpc) is 3.59. The molecule has 3 heterocycles. The highest BCUT2D eigenvalue weighted by atomic mass is 32.1. The lowest BCUT2D eigenvalue weighted by Crippen LogP contribution is -1.97. The van der Waals surface area contributed by atoms with Gasteiger partial charge in [-0.3, -0.25) is 0 Å². The second kappa shape index (κ2) is 8.20. The standard InChI is InChI=1S/C36H26N2S/c1-4-5-12-24-22(2)38(23-19-20-32-29(21-23)25-13-9-11-18-31(25)39-32)36-27-15-7-6-14-26(27)35-34(33(24)36)28-16-8-10-17-30(28)37(35)3/h4-21H,1H2,2-3H3/b12-5-. The number of aromatic nitrogens is 2. The van der Waals surface area contributed by atoms with Gasteiger partial charge in [-0.2, -0.15) is 0 Å². The maximum absolute atomic E-state index is 3.98. The first-order valence-corrected chi connectivity index (χ1v) is 14.1. The second-order valence-electron chi connectivity index (χ2n) is 10.3. The van der Waals surface area contributed by atoms with Crippen LogP contribution in [-0.2, 0) is 7.05 Å². The van der Waals surface area contributed by atoms with Crippen LogP contribution in [0.5, 0.6) is 0 Å². The number of benzene rings is 5. The summed E-state index contributed by atoms with van der Waals surface area (Å²) in [5.41, 5.74) is 7.45. The molecule has 0 saturated heterocycles. The third kappa shape index (κ3) is 2.96. The minimum atomic E-state index is 1.19. The van der Waals surface area contributed by atoms with E-state index >= 15 is 0 Å². The predicted octanol–water partition coefficient (Wildman–Crippen LogP) is 10.3. The molecular weight excluding hydrogens is 492 g/mol. The Kier molecular flexibility index (Phi) is 4.71. The molecule has 0 unspecified atom stereocenters. The lowest BCUT2D eigenvalue weighted by atomic mass is 9.98. The number of rotatable bonds is 3. The molecule has 0 spiro atoms. The van der Waals surface area contributed by atoms with Crippen molar-refractivity contribution in [3.63, 3.8) is 0 Å². The highest BCUT2D eigenvalue weighted by Crippen LogP contribution is 2.45. The van der Waals surface area contributed by atoms with Gasteiger partial charge in [0.2, 0.25) is 0 Å². The zero-order chi connectivity index (χ0) is 26.2. The Labute approximate surface area is 230 Å². The van der Waals surface area contributed by atoms with Crippen molar-refractivity contribution in [3.8, 4) is 5.69 Å². The molecule has 0 saturated carbocycles. The molecular formula is C36H26N2S. The monoisotopic (exact) mass is 518 g/mol. The number of aryl methyl sites for hydroxylation is 1. The molecule has 0 amide bonds. The SMILES string of the molecule is C=C/C=C\c1c(C)n(-c2ccc3sc4ccccc4c3c2)c2c3ccccc3c3c(c4ccccc4n3C)c12. The van der Waals surface area contributed by atoms with E-state index in [4.69, 9.17) is 0 Å². The second-order valence-corrected chi connectivity index (χ2v) is 11.4. The summed E-state index contributed by atoms with van der Waals surface area (Å²) in [7, 11) is 2.20. The van der Waals surface area contributed by atoms with Crippen molar-refractivity contribution in [2.45, 2.75) is 6.92 Å². The average molecular weight is 519 g/mol. The van der Waals surface area contributed by atoms with Crippen molar-refractivity contribution in [1.29, 1.82) is 0 Å². The molecule has 0 aliphatic heterocycles. The van der Waals surface area contributed by atoms with Crippen LogP contribution in [0, 0.1) is 6.92 Å². The molecule has 8 aromatic rings. The summed E-state index contributed by atoms with van der Waals surface area (Å²) < 4.78 is 7.50. The maximum Gasteiger partial charge on any atom is 0.0623 e. The molecule has 8 rings (SSSR count). The van der Waals surface area contributed by atoms with Crippen LogP contribution in [0.4, 0.5) is 0 Å². The van der Waals surface area contributed by atoms with E-state index in [1.807, 2.05) is 17.4 Å². The van der Waals surface area contributed by atoms with Gasteiger partial charge in [0, 0.05) is 76.6 Å². The first-order valence-electron chi connectivity index (χ1n) is 13.3. The fourth-order valence-corrected chi connectivity index (χ4v) is 7.70. The molecule has 0 radical (unpaired) electrons. The number of thiophene rings is 1. The summed E-state index contributed by atoms with van der Waals surface area (Å²) in [6.07, 6.45) is 6.16. The van der Waals surface area contributed by atoms with E-state index in [2.05, 4.69) is 133 Å². The molecule has 0 N–H and O–H groups in total. The Morgan fingerprint density at radius 2 is 1.36 bits per heavy atom. The summed E-state index contributed by atoms with van der Waals surface area (Å²) in [4.78, 5) is 0. The largest absolute Gasteiger partial charge is 0.343 e. The van der Waals surface area contributed by atoms with E-state index in [1.165, 1.54) is 80.6 Å². The van der Waals surface area contributed by atoms with Crippen LogP contribution in [0.2, 0.25) is 0 Å². The first-order chi connectivity index (χ1) is 19.2. The van der Waals surface area contributed by atoms with Crippen LogP contribution in [0.3, 0.4) is 0 Å². The summed E-state index contributed by atoms with van der Waals surface area (Å²) in [5, 5.41) is 9.08. The van der Waals surface area contributed by atoms with Gasteiger partial charge in [-0.05, 0) is 37.3 Å². The van der Waals surface area contributed by atoms with Crippen molar-refractivity contribution in [3.05, 3.63) is 121 Å². The summed E-state index contributed by atoms with van der Waals surface area (Å²) in [6, 6.07) is 33.4. The highest BCUT2D eigenvalue weighted by Gasteiger charge is 2.23. The van der Waals surface area contributed by atoms with Crippen LogP contribution in [0.25, 0.3) is 75.4 Å². The van der Waals surface area contributed by atoms with Gasteiger partial charge >= 0.3 is 0 Å². The number of fused-ring (bicyclic) bond motifs is 11. The molecule has 0 atom stereocenters. The Balaban J connectivity index is 1.63. The molecule has 0 bridgehead atoms. The van der Waals surface area contributed by atoms with E-state index in [-0.39, 0.29) is 0 Å². The number of para-hydroxylation sites is 1. The fourth-order valence-electron chi connectivity index (χ4n) is 6.62. The lowest BCUT2D eigenvalue weighted by Gasteiger charge is -2.12. The molecule has 39 heavy (non-hydrogen) atoms. The van der Waals surface area contributed by atoms with Gasteiger partial charge in [-0.1, -0.05) is 85.5 Å². The smallest absolute Gasteiger partial charge is 0.0623 e. The Morgan fingerprint density at radius 3 is 2.15 bits per heavy atom. The van der Waals surface area contributed by atoms with Gasteiger partial charge in [0.05, 0.1) is 11.0 Å². The number of nitrogens with zero attached hydrogens (tertiary/aromatic N) is 2. The van der Waals surface area contributed by atoms with E-state index in [0.29, 0.717) is 0 Å². The van der Waals surface area contributed by atoms with Gasteiger partial charge in [0.25, 0.3) is 0 Å². The topological polar surface area (TPSA) is 9.86 Å². The number of allylic oxidation sites excluding steroid dienone is 2. The van der Waals surface area contributed by atoms with Gasteiger partial charge in [0.15, 0.2) is 0 Å². The van der Waals surface area contributed by atoms with Crippen LogP contribution in [0.15, 0.2) is 110 Å². The van der Waals surface area contributed by atoms with Crippen molar-refractivity contribution < 1.29 is 0 Å². The molecule has 0 fully saturated rings. The van der Waals surface area contributed by atoms with Crippen LogP contribution in [0.1, 0.15) is 11.3 Å². The molecule has 186 valence electrons. The van der Waals surface area contributed by atoms with Gasteiger partial charge in [0.1, 0.15) is 0 Å². The van der Waals surface area contributed by atoms with Crippen molar-refractivity contribution >= 4 is 81.1 Å². The van der Waals surface area contributed by atoms with E-state index in [1.54, 1.807) is 0 Å². The van der Waals surface area contributed by atoms with Gasteiger partial charge in [-0.15, -0.1) is 11.3 Å². The molecule has 0 aliphatic carbocycles. The quantitative estimate of drug-likeness (QED) is 0.206. The number of hydrogen-bond donors (Lipinski definition) is 0. The van der Waals surface area contributed by atoms with Crippen molar-refractivity contribution in [2.75, 3.05) is 0 Å². The molecule has 0 aliphatic rings. The number of hydrogen-bond acceptors (Lipinski definition) is 1. The minimum Gasteiger partial charge on any atom is -0.343 e. The Hall–Kier alpha value is -4.60. The fraction of sp³-hybridized carbons (Fsp3) is 0.0556. The molecule has 3 heteroatoms. The third-order valence-corrected chi connectivity index (χ3v) is 9.42. The zero-order valence-corrected chi connectivity index (χ0v) is 22.7. The highest BCUT2D eigenvalue weighted by molar-refractivity contribution is 7.25. The van der Waals surface area contributed by atoms with Crippen LogP contribution in [-0.4, -0.2) is 9.13 Å². The first kappa shape index (κ1) is 22.4. The normalized spacial score (nSPS) is 12.4. The van der Waals surface area contributed by atoms with Gasteiger partial charge in [-0.25, -0.2) is 0 Å². The van der Waals surface area contributed by atoms with Gasteiger partial charge < -0.3 is 9.13 Å². The van der Waals surface area contributed by atoms with Crippen molar-refractivity contribution in [1.82, 2.24) is 9.13 Å². The molecule has 3 aromatic heterocycles.